The van der Waals surface area contributed by atoms with Gasteiger partial charge in [0.1, 0.15) is 0 Å². The molecule has 11 heavy (non-hydrogen) atoms. The molecule has 0 spiro atoms. The molecular formula is C6H7O4Zn-. The van der Waals surface area contributed by atoms with Crippen LogP contribution in [0.2, 0.25) is 0 Å². The molecule has 0 N–H and O–H groups in total. The van der Waals surface area contributed by atoms with Crippen LogP contribution in [-0.2, 0) is 29.1 Å². The number of carbonyl (C=O) groups is 2. The van der Waals surface area contributed by atoms with Gasteiger partial charge in [0.2, 0.25) is 0 Å². The van der Waals surface area contributed by atoms with Gasteiger partial charge >= 0.3 is 19.5 Å². The topological polar surface area (TPSA) is 80.3 Å². The van der Waals surface area contributed by atoms with E-state index in [9.17, 15) is 19.8 Å². The Morgan fingerprint density at radius 1 is 1.09 bits per heavy atom. The van der Waals surface area contributed by atoms with E-state index in [1.165, 1.54) is 0 Å². The van der Waals surface area contributed by atoms with Crippen LogP contribution in [0.5, 0.6) is 0 Å². The smallest absolute Gasteiger partial charge is 0.545 e. The second-order valence-corrected chi connectivity index (χ2v) is 0.971. The summed E-state index contributed by atoms with van der Waals surface area (Å²) in [5, 5.41) is 18.8. The summed E-state index contributed by atoms with van der Waals surface area (Å²) < 4.78 is 0. The van der Waals surface area contributed by atoms with Crippen molar-refractivity contribution in [1.29, 1.82) is 0 Å². The molecule has 0 unspecified atom stereocenters. The molecule has 0 rings (SSSR count). The van der Waals surface area contributed by atoms with Crippen molar-refractivity contribution >= 4 is 11.9 Å². The van der Waals surface area contributed by atoms with Crippen LogP contribution in [0.25, 0.3) is 0 Å². The Balaban J connectivity index is -0.000000196. The van der Waals surface area contributed by atoms with Gasteiger partial charge in [0.25, 0.3) is 0 Å². The molecule has 0 aliphatic heterocycles. The van der Waals surface area contributed by atoms with Crippen LogP contribution in [0.3, 0.4) is 0 Å². The minimum atomic E-state index is -1.55. The van der Waals surface area contributed by atoms with Gasteiger partial charge in [-0.1, -0.05) is 0 Å². The summed E-state index contributed by atoms with van der Waals surface area (Å²) in [5.41, 5.74) is 0. The Morgan fingerprint density at radius 2 is 1.27 bits per heavy atom. The Labute approximate surface area is 77.7 Å². The summed E-state index contributed by atoms with van der Waals surface area (Å²) in [6.07, 6.45) is 0.769. The molecule has 0 aliphatic rings. The zero-order chi connectivity index (χ0) is 8.57. The molecule has 58 valence electrons. The van der Waals surface area contributed by atoms with Gasteiger partial charge in [0.05, 0.1) is 11.9 Å². The first kappa shape index (κ1) is 16.7. The van der Waals surface area contributed by atoms with Gasteiger partial charge in [-0.3, -0.25) is 0 Å². The fourth-order valence-electron chi connectivity index (χ4n) is 0.136. The third kappa shape index (κ3) is 26.8. The number of aliphatic carboxylic acids is 2. The Morgan fingerprint density at radius 3 is 1.36 bits per heavy atom. The molecule has 0 amide bonds. The number of rotatable bonds is 2. The molecule has 0 atom stereocenters. The zero-order valence-corrected chi connectivity index (χ0v) is 9.17. The van der Waals surface area contributed by atoms with E-state index in [0.29, 0.717) is 12.2 Å². The van der Waals surface area contributed by atoms with E-state index in [-0.39, 0.29) is 19.5 Å². The van der Waals surface area contributed by atoms with Crippen molar-refractivity contribution in [2.24, 2.45) is 0 Å². The quantitative estimate of drug-likeness (QED) is 0.295. The number of hydrogen-bond acceptors (Lipinski definition) is 4. The predicted octanol–water partition coefficient (Wildman–Crippen LogP) is -2.12. The first-order valence-electron chi connectivity index (χ1n) is 2.43. The Bertz CT molecular complexity index is 126. The van der Waals surface area contributed by atoms with Crippen molar-refractivity contribution in [1.82, 2.24) is 0 Å². The van der Waals surface area contributed by atoms with E-state index in [0.717, 1.165) is 0 Å². The van der Waals surface area contributed by atoms with Crippen molar-refractivity contribution in [3.63, 3.8) is 0 Å². The number of carboxylic acid groups (broad SMARTS) is 2. The molecule has 0 saturated heterocycles. The summed E-state index contributed by atoms with van der Waals surface area (Å²) in [5.74, 6) is -3.09. The molecule has 4 nitrogen and oxygen atoms in total. The molecule has 0 fully saturated rings. The van der Waals surface area contributed by atoms with E-state index in [4.69, 9.17) is 0 Å². The van der Waals surface area contributed by atoms with E-state index >= 15 is 0 Å². The molecule has 0 aliphatic carbocycles. The van der Waals surface area contributed by atoms with Crippen LogP contribution in [-0.4, -0.2) is 11.9 Å². The second-order valence-electron chi connectivity index (χ2n) is 0.971. The van der Waals surface area contributed by atoms with E-state index in [2.05, 4.69) is 6.92 Å². The molecule has 5 heteroatoms. The summed E-state index contributed by atoms with van der Waals surface area (Å²) in [4.78, 5) is 18.8. The van der Waals surface area contributed by atoms with Gasteiger partial charge in [-0.15, -0.1) is 0 Å². The van der Waals surface area contributed by atoms with Crippen molar-refractivity contribution in [2.45, 2.75) is 6.92 Å². The average Bonchev–Trinajstić information content (AvgIpc) is 1.89. The van der Waals surface area contributed by atoms with Crippen LogP contribution in [0.4, 0.5) is 0 Å². The van der Waals surface area contributed by atoms with E-state index in [1.54, 1.807) is 6.92 Å². The van der Waals surface area contributed by atoms with Crippen LogP contribution in [0.15, 0.2) is 12.2 Å². The SMILES string of the molecule is O=C([O-])/C=C/C(=O)[O-].[CH2-]C.[Zn+2]. The molecular weight excluding hydrogens is 201 g/mol. The second kappa shape index (κ2) is 12.0. The van der Waals surface area contributed by atoms with Crippen LogP contribution < -0.4 is 10.2 Å². The molecule has 0 aromatic rings. The largest absolute Gasteiger partial charge is 2.00 e. The first-order valence-corrected chi connectivity index (χ1v) is 2.43. The van der Waals surface area contributed by atoms with Crippen molar-refractivity contribution in [3.8, 4) is 0 Å². The third-order valence-electron chi connectivity index (χ3n) is 0.355. The van der Waals surface area contributed by atoms with Crippen LogP contribution >= 0.6 is 0 Å². The van der Waals surface area contributed by atoms with Gasteiger partial charge in [0.15, 0.2) is 0 Å². The minimum absolute atomic E-state index is 0. The fourth-order valence-corrected chi connectivity index (χ4v) is 0.136. The Hall–Kier alpha value is -0.697. The third-order valence-corrected chi connectivity index (χ3v) is 0.355. The monoisotopic (exact) mass is 207 g/mol. The molecule has 0 aromatic carbocycles. The minimum Gasteiger partial charge on any atom is -0.545 e. The number of carboxylic acids is 2. The Kier molecular flexibility index (Phi) is 18.3. The summed E-state index contributed by atoms with van der Waals surface area (Å²) in [6.45, 7) is 5.00. The van der Waals surface area contributed by atoms with E-state index in [1.807, 2.05) is 0 Å². The molecule has 0 saturated carbocycles. The molecule has 0 aromatic heterocycles. The average molecular weight is 209 g/mol. The van der Waals surface area contributed by atoms with Gasteiger partial charge in [-0.2, -0.15) is 6.92 Å². The van der Waals surface area contributed by atoms with Gasteiger partial charge in [0, 0.05) is 0 Å². The summed E-state index contributed by atoms with van der Waals surface area (Å²) in [7, 11) is 0. The van der Waals surface area contributed by atoms with Crippen molar-refractivity contribution < 1.29 is 39.3 Å². The first-order chi connectivity index (χ1) is 4.63. The van der Waals surface area contributed by atoms with Crippen molar-refractivity contribution in [2.75, 3.05) is 0 Å². The zero-order valence-electron chi connectivity index (χ0n) is 6.20. The number of hydrogen-bond donors (Lipinski definition) is 0. The van der Waals surface area contributed by atoms with Gasteiger partial charge < -0.3 is 26.7 Å². The molecule has 0 heterocycles. The summed E-state index contributed by atoms with van der Waals surface area (Å²) >= 11 is 0. The van der Waals surface area contributed by atoms with Crippen molar-refractivity contribution in [3.05, 3.63) is 19.1 Å². The van der Waals surface area contributed by atoms with Crippen LogP contribution in [0, 0.1) is 6.92 Å². The standard InChI is InChI=1S/C4H4O4.C2H5.Zn/c5-3(6)1-2-4(7)8;1-2;/h1-2H,(H,5,6)(H,7,8);1H2,2H3;/q;-1;+2/p-2/b2-1+;;. The fraction of sp³-hybridized carbons (Fsp3) is 0.167. The number of carbonyl (C=O) groups excluding carboxylic acids is 2. The molecule has 0 bridgehead atoms. The molecule has 0 radical (unpaired) electrons. The maximum atomic E-state index is 9.41. The van der Waals surface area contributed by atoms with Gasteiger partial charge in [-0.25, -0.2) is 0 Å². The normalized spacial score (nSPS) is 7.45. The maximum absolute atomic E-state index is 9.41. The van der Waals surface area contributed by atoms with Crippen LogP contribution in [0.1, 0.15) is 6.92 Å². The van der Waals surface area contributed by atoms with E-state index < -0.39 is 11.9 Å². The van der Waals surface area contributed by atoms with Gasteiger partial charge in [-0.05, 0) is 12.2 Å². The summed E-state index contributed by atoms with van der Waals surface area (Å²) in [6, 6.07) is 0. The predicted molar refractivity (Wildman–Crippen MR) is 30.2 cm³/mol. The maximum Gasteiger partial charge on any atom is 2.00 e.